The maximum absolute atomic E-state index is 12.5. The monoisotopic (exact) mass is 397 g/mol. The average molecular weight is 399 g/mol. The van der Waals surface area contributed by atoms with Gasteiger partial charge in [0, 0.05) is 11.8 Å². The zero-order valence-corrected chi connectivity index (χ0v) is 14.8. The van der Waals surface area contributed by atoms with Crippen molar-refractivity contribution in [3.63, 3.8) is 0 Å². The van der Waals surface area contributed by atoms with Gasteiger partial charge in [0.25, 0.3) is 11.8 Å². The van der Waals surface area contributed by atoms with Crippen LogP contribution in [0.25, 0.3) is 0 Å². The molecule has 1 saturated carbocycles. The van der Waals surface area contributed by atoms with Crippen LogP contribution in [-0.2, 0) is 19.2 Å². The number of hydroxylamine groups is 2. The van der Waals surface area contributed by atoms with Crippen molar-refractivity contribution in [1.82, 2.24) is 5.06 Å². The van der Waals surface area contributed by atoms with E-state index in [9.17, 15) is 9.59 Å². The van der Waals surface area contributed by atoms with Gasteiger partial charge in [0.2, 0.25) is 0 Å². The minimum atomic E-state index is -0.931. The number of halogens is 4. The Morgan fingerprint density at radius 1 is 1.04 bits per heavy atom. The predicted octanol–water partition coefficient (Wildman–Crippen LogP) is 2.22. The number of hydrogen-bond donors (Lipinski definition) is 0. The fourth-order valence-electron chi connectivity index (χ4n) is 5.44. The Morgan fingerprint density at radius 2 is 1.48 bits per heavy atom. The molecule has 2 aliphatic carbocycles. The summed E-state index contributed by atoms with van der Waals surface area (Å²) in [7, 11) is 1.30. The number of fused-ring (bicyclic) bond motifs is 12. The fraction of sp³-hybridized carbons (Fsp3) is 0.714. The average Bonchev–Trinajstić information content (AvgIpc) is 3.21. The first-order valence-electron chi connectivity index (χ1n) is 7.29. The van der Waals surface area contributed by atoms with Crippen LogP contribution in [0.2, 0.25) is 0 Å². The van der Waals surface area contributed by atoms with Gasteiger partial charge in [-0.15, -0.1) is 23.2 Å². The number of ether oxygens (including phenoxy) is 1. The molecular weight excluding hydrogens is 388 g/mol. The number of allylic oxidation sites excluding steroid dienone is 2. The molecule has 0 aromatic heterocycles. The number of hydrogen-bond acceptors (Lipinski definition) is 4. The normalized spacial score (nSPS) is 56.1. The third-order valence-corrected chi connectivity index (χ3v) is 8.64. The molecule has 0 radical (unpaired) electrons. The van der Waals surface area contributed by atoms with Crippen LogP contribution >= 0.6 is 46.4 Å². The molecule has 0 aromatic carbocycles. The lowest BCUT2D eigenvalue weighted by atomic mass is 9.65. The van der Waals surface area contributed by atoms with Crippen LogP contribution in [0.15, 0.2) is 10.1 Å². The van der Waals surface area contributed by atoms with Gasteiger partial charge in [-0.1, -0.05) is 23.2 Å². The molecule has 124 valence electrons. The molecule has 0 spiro atoms. The van der Waals surface area contributed by atoms with Crippen LogP contribution < -0.4 is 0 Å². The van der Waals surface area contributed by atoms with E-state index in [1.54, 1.807) is 0 Å². The maximum atomic E-state index is 12.5. The number of alkyl halides is 2. The zero-order chi connectivity index (χ0) is 16.5. The van der Waals surface area contributed by atoms with Gasteiger partial charge < -0.3 is 4.74 Å². The van der Waals surface area contributed by atoms with Crippen molar-refractivity contribution in [2.24, 2.45) is 23.7 Å². The number of nitrogens with zero attached hydrogens (tertiary/aromatic N) is 1. The highest BCUT2D eigenvalue weighted by atomic mass is 35.5. The number of amides is 2. The molecule has 3 heterocycles. The zero-order valence-electron chi connectivity index (χ0n) is 11.8. The summed E-state index contributed by atoms with van der Waals surface area (Å²) in [6.45, 7) is 0. The third-order valence-electron chi connectivity index (χ3n) is 6.15. The van der Waals surface area contributed by atoms with Gasteiger partial charge in [0.1, 0.15) is 0 Å². The van der Waals surface area contributed by atoms with E-state index in [4.69, 9.17) is 56.0 Å². The molecule has 5 nitrogen and oxygen atoms in total. The highest BCUT2D eigenvalue weighted by Crippen LogP contribution is 2.75. The largest absolute Gasteiger partial charge is 0.373 e. The van der Waals surface area contributed by atoms with Gasteiger partial charge in [-0.3, -0.25) is 14.4 Å². The Morgan fingerprint density at radius 3 is 1.87 bits per heavy atom. The van der Waals surface area contributed by atoms with Crippen molar-refractivity contribution in [3.8, 4) is 0 Å². The van der Waals surface area contributed by atoms with Crippen LogP contribution in [0.5, 0.6) is 0 Å². The maximum Gasteiger partial charge on any atom is 0.260 e. The summed E-state index contributed by atoms with van der Waals surface area (Å²) >= 11 is 26.3. The van der Waals surface area contributed by atoms with Crippen molar-refractivity contribution in [1.29, 1.82) is 0 Å². The molecule has 4 fully saturated rings. The molecule has 9 heteroatoms. The molecule has 0 N–H and O–H groups in total. The standard InChI is InChI=1S/C14H11Cl4NO4/c1-22-19-11(20)3-4(12(19)21)8-6-5(7(3)23-8)13(17)2-14(6,18)10(16)9(13)15/h3-8H,2H2,1H3/t3-,4-,5-,6-,7+,8+,13+,14+/m0/s1. The highest BCUT2D eigenvalue weighted by molar-refractivity contribution is 6.51. The second-order valence-electron chi connectivity index (χ2n) is 6.85. The summed E-state index contributed by atoms with van der Waals surface area (Å²) in [5.74, 6) is -2.43. The summed E-state index contributed by atoms with van der Waals surface area (Å²) in [6, 6.07) is 0. The van der Waals surface area contributed by atoms with Crippen LogP contribution in [0.3, 0.4) is 0 Å². The summed E-state index contributed by atoms with van der Waals surface area (Å²) < 4.78 is 6.01. The van der Waals surface area contributed by atoms with E-state index >= 15 is 0 Å². The number of rotatable bonds is 1. The molecule has 5 aliphatic rings. The lowest BCUT2D eigenvalue weighted by Gasteiger charge is -2.40. The molecule has 2 amide bonds. The van der Waals surface area contributed by atoms with E-state index in [1.807, 2.05) is 0 Å². The molecule has 23 heavy (non-hydrogen) atoms. The van der Waals surface area contributed by atoms with Gasteiger partial charge in [-0.25, -0.2) is 0 Å². The van der Waals surface area contributed by atoms with Crippen LogP contribution in [0, 0.1) is 23.7 Å². The molecule has 4 bridgehead atoms. The Hall–Kier alpha value is -0.0400. The summed E-state index contributed by atoms with van der Waals surface area (Å²) in [5, 5.41) is 1.49. The molecule has 5 rings (SSSR count). The lowest BCUT2D eigenvalue weighted by Crippen LogP contribution is -2.50. The SMILES string of the molecule is CON1C(=O)[C@@H]2[C@H]3O[C@H]([C@H]2C1=O)[C@@H]1[C@@H]3[C@]2(Cl)C[C@]1(Cl)C(Cl)=C2Cl. The van der Waals surface area contributed by atoms with Gasteiger partial charge in [0.15, 0.2) is 0 Å². The molecule has 0 aromatic rings. The highest BCUT2D eigenvalue weighted by Gasteiger charge is 2.81. The van der Waals surface area contributed by atoms with Crippen molar-refractivity contribution in [2.45, 2.75) is 28.4 Å². The quantitative estimate of drug-likeness (QED) is 0.502. The smallest absolute Gasteiger partial charge is 0.260 e. The molecule has 8 atom stereocenters. The van der Waals surface area contributed by atoms with E-state index in [0.29, 0.717) is 16.5 Å². The number of imide groups is 1. The van der Waals surface area contributed by atoms with Gasteiger partial charge >= 0.3 is 0 Å². The molecular formula is C14H11Cl4NO4. The van der Waals surface area contributed by atoms with Crippen molar-refractivity contribution in [3.05, 3.63) is 10.1 Å². The van der Waals surface area contributed by atoms with Crippen LogP contribution in [0.1, 0.15) is 6.42 Å². The van der Waals surface area contributed by atoms with Crippen molar-refractivity contribution >= 4 is 58.2 Å². The van der Waals surface area contributed by atoms with E-state index in [2.05, 4.69) is 0 Å². The topological polar surface area (TPSA) is 55.8 Å². The van der Waals surface area contributed by atoms with Crippen molar-refractivity contribution in [2.75, 3.05) is 7.11 Å². The summed E-state index contributed by atoms with van der Waals surface area (Å²) in [5.41, 5.74) is 0. The number of carbonyl (C=O) groups is 2. The second kappa shape index (κ2) is 4.19. The first-order valence-corrected chi connectivity index (χ1v) is 8.80. The summed E-state index contributed by atoms with van der Waals surface area (Å²) in [6.07, 6.45) is -0.603. The Bertz CT molecular complexity index is 659. The minimum absolute atomic E-state index is 0.239. The van der Waals surface area contributed by atoms with Crippen molar-refractivity contribution < 1.29 is 19.2 Å². The van der Waals surface area contributed by atoms with Crippen LogP contribution in [0.4, 0.5) is 0 Å². The molecule has 3 saturated heterocycles. The first-order chi connectivity index (χ1) is 10.8. The van der Waals surface area contributed by atoms with Gasteiger partial charge in [-0.2, -0.15) is 5.06 Å². The van der Waals surface area contributed by atoms with E-state index < -0.39 is 33.8 Å². The van der Waals surface area contributed by atoms with Gasteiger partial charge in [0.05, 0.1) is 51.0 Å². The van der Waals surface area contributed by atoms with E-state index in [0.717, 1.165) is 5.06 Å². The second-order valence-corrected chi connectivity index (χ2v) is 8.96. The predicted molar refractivity (Wildman–Crippen MR) is 82.0 cm³/mol. The Labute approximate surface area is 151 Å². The molecule has 0 unspecified atom stereocenters. The van der Waals surface area contributed by atoms with E-state index in [1.165, 1.54) is 7.11 Å². The minimum Gasteiger partial charge on any atom is -0.373 e. The number of carbonyl (C=O) groups excluding carboxylic acids is 2. The summed E-state index contributed by atoms with van der Waals surface area (Å²) in [4.78, 5) is 28.1. The Balaban J connectivity index is 1.65. The molecule has 3 aliphatic heterocycles. The third kappa shape index (κ3) is 1.37. The van der Waals surface area contributed by atoms with E-state index in [-0.39, 0.29) is 23.7 Å². The Kier molecular flexibility index (Phi) is 2.78. The van der Waals surface area contributed by atoms with Gasteiger partial charge in [-0.05, 0) is 6.42 Å². The fourth-order valence-corrected chi connectivity index (χ4v) is 7.46. The van der Waals surface area contributed by atoms with Crippen LogP contribution in [-0.4, -0.2) is 45.9 Å². The lowest BCUT2D eigenvalue weighted by molar-refractivity contribution is -0.184. The first kappa shape index (κ1) is 15.2.